The van der Waals surface area contributed by atoms with Crippen LogP contribution in [0.25, 0.3) is 0 Å². The molecule has 142 valence electrons. The van der Waals surface area contributed by atoms with Gasteiger partial charge in [-0.25, -0.2) is 0 Å². The van der Waals surface area contributed by atoms with E-state index < -0.39 is 12.1 Å². The highest BCUT2D eigenvalue weighted by Gasteiger charge is 2.17. The van der Waals surface area contributed by atoms with Crippen LogP contribution in [0.15, 0.2) is 42.7 Å². The fourth-order valence-electron chi connectivity index (χ4n) is 2.40. The second kappa shape index (κ2) is 9.94. The van der Waals surface area contributed by atoms with Gasteiger partial charge < -0.3 is 16.4 Å². The van der Waals surface area contributed by atoms with Crippen LogP contribution in [0, 0.1) is 5.92 Å². The first-order chi connectivity index (χ1) is 11.9. The molecule has 2 amide bonds. The smallest absolute Gasteiger partial charge is 0.248 e. The Kier molecular flexibility index (Phi) is 8.28. The average molecular weight is 380 g/mol. The van der Waals surface area contributed by atoms with Crippen molar-refractivity contribution >= 4 is 35.6 Å². The number of carbonyl (C=O) groups is 2. The third kappa shape index (κ3) is 6.16. The average Bonchev–Trinajstić information content (AvgIpc) is 3.08. The van der Waals surface area contributed by atoms with Crippen LogP contribution in [0.2, 0.25) is 0 Å². The number of nitrogens with one attached hydrogen (secondary N) is 2. The van der Waals surface area contributed by atoms with Crippen molar-refractivity contribution in [2.24, 2.45) is 11.7 Å². The standard InChI is InChI=1S/C18H25N5O2.ClH/c1-12(2)10-16(19)18(25)22-15-7-4-6-14(11-15)21-17(24)13(3)23-9-5-8-20-23;/h4-9,11-13,16H,10,19H2,1-3H3,(H,21,24)(H,22,25);1H/t13?,16-;/m0./s1. The lowest BCUT2D eigenvalue weighted by Gasteiger charge is -2.16. The van der Waals surface area contributed by atoms with E-state index in [1.807, 2.05) is 13.8 Å². The molecule has 0 spiro atoms. The van der Waals surface area contributed by atoms with Crippen molar-refractivity contribution in [3.63, 3.8) is 0 Å². The van der Waals surface area contributed by atoms with Crippen molar-refractivity contribution in [2.75, 3.05) is 10.6 Å². The summed E-state index contributed by atoms with van der Waals surface area (Å²) in [5.41, 5.74) is 7.08. The predicted octanol–water partition coefficient (Wildman–Crippen LogP) is 2.82. The number of anilines is 2. The van der Waals surface area contributed by atoms with Gasteiger partial charge in [0.1, 0.15) is 6.04 Å². The third-order valence-corrected chi connectivity index (χ3v) is 3.76. The Hall–Kier alpha value is -2.38. The molecule has 2 atom stereocenters. The molecule has 0 fully saturated rings. The van der Waals surface area contributed by atoms with E-state index in [-0.39, 0.29) is 24.2 Å². The summed E-state index contributed by atoms with van der Waals surface area (Å²) in [5, 5.41) is 9.67. The normalized spacial score (nSPS) is 12.8. The van der Waals surface area contributed by atoms with Gasteiger partial charge in [-0.05, 0) is 43.5 Å². The van der Waals surface area contributed by atoms with Gasteiger partial charge in [0.15, 0.2) is 0 Å². The molecule has 1 aromatic carbocycles. The molecule has 8 heteroatoms. The predicted molar refractivity (Wildman–Crippen MR) is 105 cm³/mol. The van der Waals surface area contributed by atoms with Crippen LogP contribution in [0.3, 0.4) is 0 Å². The molecule has 1 aromatic heterocycles. The first kappa shape index (κ1) is 21.7. The van der Waals surface area contributed by atoms with E-state index in [2.05, 4.69) is 15.7 Å². The topological polar surface area (TPSA) is 102 Å². The van der Waals surface area contributed by atoms with Crippen LogP contribution in [0.5, 0.6) is 0 Å². The Morgan fingerprint density at radius 2 is 1.73 bits per heavy atom. The van der Waals surface area contributed by atoms with Gasteiger partial charge in [-0.2, -0.15) is 5.10 Å². The zero-order valence-corrected chi connectivity index (χ0v) is 16.0. The van der Waals surface area contributed by atoms with Crippen molar-refractivity contribution in [3.05, 3.63) is 42.7 Å². The summed E-state index contributed by atoms with van der Waals surface area (Å²) in [5.74, 6) is -0.0825. The van der Waals surface area contributed by atoms with Crippen molar-refractivity contribution in [1.82, 2.24) is 9.78 Å². The molecule has 0 radical (unpaired) electrons. The fourth-order valence-corrected chi connectivity index (χ4v) is 2.40. The summed E-state index contributed by atoms with van der Waals surface area (Å²) in [4.78, 5) is 24.4. The second-order valence-corrected chi connectivity index (χ2v) is 6.46. The van der Waals surface area contributed by atoms with E-state index in [4.69, 9.17) is 5.73 Å². The molecular weight excluding hydrogens is 354 g/mol. The first-order valence-corrected chi connectivity index (χ1v) is 8.33. The van der Waals surface area contributed by atoms with Crippen LogP contribution < -0.4 is 16.4 Å². The number of carbonyl (C=O) groups excluding carboxylic acids is 2. The molecule has 0 saturated heterocycles. The van der Waals surface area contributed by atoms with E-state index in [0.29, 0.717) is 23.7 Å². The molecule has 0 aliphatic heterocycles. The van der Waals surface area contributed by atoms with Crippen LogP contribution in [-0.4, -0.2) is 27.6 Å². The zero-order valence-electron chi connectivity index (χ0n) is 15.2. The highest BCUT2D eigenvalue weighted by atomic mass is 35.5. The Labute approximate surface area is 159 Å². The van der Waals surface area contributed by atoms with Gasteiger partial charge in [0.25, 0.3) is 0 Å². The van der Waals surface area contributed by atoms with Crippen molar-refractivity contribution in [2.45, 2.75) is 39.3 Å². The van der Waals surface area contributed by atoms with Gasteiger partial charge in [-0.3, -0.25) is 14.3 Å². The lowest BCUT2D eigenvalue weighted by atomic mass is 10.0. The number of nitrogens with two attached hydrogens (primary N) is 1. The molecular formula is C18H26ClN5O2. The SMILES string of the molecule is CC(C)C[C@H](N)C(=O)Nc1cccc(NC(=O)C(C)n2cccn2)c1.Cl. The summed E-state index contributed by atoms with van der Waals surface area (Å²) in [6, 6.07) is 7.75. The number of benzene rings is 1. The summed E-state index contributed by atoms with van der Waals surface area (Å²) in [6.07, 6.45) is 3.97. The van der Waals surface area contributed by atoms with Gasteiger partial charge in [-0.15, -0.1) is 12.4 Å². The van der Waals surface area contributed by atoms with Gasteiger partial charge in [0.2, 0.25) is 11.8 Å². The molecule has 1 heterocycles. The summed E-state index contributed by atoms with van der Waals surface area (Å²) in [6.45, 7) is 5.80. The number of amides is 2. The summed E-state index contributed by atoms with van der Waals surface area (Å²) in [7, 11) is 0. The van der Waals surface area contributed by atoms with Gasteiger partial charge in [0.05, 0.1) is 6.04 Å². The van der Waals surface area contributed by atoms with Crippen LogP contribution in [0.4, 0.5) is 11.4 Å². The molecule has 4 N–H and O–H groups in total. The third-order valence-electron chi connectivity index (χ3n) is 3.76. The first-order valence-electron chi connectivity index (χ1n) is 8.33. The summed E-state index contributed by atoms with van der Waals surface area (Å²) < 4.78 is 1.58. The van der Waals surface area contributed by atoms with Gasteiger partial charge >= 0.3 is 0 Å². The Morgan fingerprint density at radius 1 is 1.12 bits per heavy atom. The second-order valence-electron chi connectivity index (χ2n) is 6.46. The maximum absolute atomic E-state index is 12.3. The molecule has 26 heavy (non-hydrogen) atoms. The molecule has 0 saturated carbocycles. The number of halogens is 1. The van der Waals surface area contributed by atoms with Crippen LogP contribution in [0.1, 0.15) is 33.2 Å². The largest absolute Gasteiger partial charge is 0.325 e. The monoisotopic (exact) mass is 379 g/mol. The molecule has 2 aromatic rings. The Balaban J connectivity index is 0.00000338. The molecule has 0 bridgehead atoms. The molecule has 7 nitrogen and oxygen atoms in total. The lowest BCUT2D eigenvalue weighted by Crippen LogP contribution is -2.36. The highest BCUT2D eigenvalue weighted by Crippen LogP contribution is 2.17. The minimum absolute atomic E-state index is 0. The van der Waals surface area contributed by atoms with Crippen LogP contribution >= 0.6 is 12.4 Å². The minimum Gasteiger partial charge on any atom is -0.325 e. The van der Waals surface area contributed by atoms with Crippen LogP contribution in [-0.2, 0) is 9.59 Å². The van der Waals surface area contributed by atoms with Crippen molar-refractivity contribution in [3.8, 4) is 0 Å². The molecule has 1 unspecified atom stereocenters. The molecule has 0 aliphatic rings. The van der Waals surface area contributed by atoms with E-state index in [0.717, 1.165) is 0 Å². The lowest BCUT2D eigenvalue weighted by molar-refractivity contribution is -0.119. The van der Waals surface area contributed by atoms with Gasteiger partial charge in [0, 0.05) is 23.8 Å². The fraction of sp³-hybridized carbons (Fsp3) is 0.389. The molecule has 0 aliphatic carbocycles. The number of hydrogen-bond acceptors (Lipinski definition) is 4. The number of rotatable bonds is 7. The van der Waals surface area contributed by atoms with Crippen molar-refractivity contribution < 1.29 is 9.59 Å². The zero-order chi connectivity index (χ0) is 18.4. The van der Waals surface area contributed by atoms with E-state index in [1.165, 1.54) is 0 Å². The van der Waals surface area contributed by atoms with Gasteiger partial charge in [-0.1, -0.05) is 19.9 Å². The maximum atomic E-state index is 12.3. The minimum atomic E-state index is -0.557. The molecule has 2 rings (SSSR count). The Bertz CT molecular complexity index is 718. The quantitative estimate of drug-likeness (QED) is 0.688. The van der Waals surface area contributed by atoms with E-state index in [9.17, 15) is 9.59 Å². The van der Waals surface area contributed by atoms with Crippen molar-refractivity contribution in [1.29, 1.82) is 0 Å². The maximum Gasteiger partial charge on any atom is 0.248 e. The number of hydrogen-bond donors (Lipinski definition) is 3. The number of aromatic nitrogens is 2. The summed E-state index contributed by atoms with van der Waals surface area (Å²) >= 11 is 0. The highest BCUT2D eigenvalue weighted by molar-refractivity contribution is 5.97. The van der Waals surface area contributed by atoms with E-state index in [1.54, 1.807) is 54.3 Å². The van der Waals surface area contributed by atoms with E-state index >= 15 is 0 Å². The Morgan fingerprint density at radius 3 is 2.27 bits per heavy atom. The number of nitrogens with zero attached hydrogens (tertiary/aromatic N) is 2.